The average Bonchev–Trinajstić information content (AvgIpc) is 2.71. The zero-order valence-electron chi connectivity index (χ0n) is 10.7. The summed E-state index contributed by atoms with van der Waals surface area (Å²) in [5.41, 5.74) is 4.62. The molecule has 0 atom stereocenters. The molecular weight excluding hydrogens is 309 g/mol. The molecule has 0 bridgehead atoms. The fourth-order valence-electron chi connectivity index (χ4n) is 1.64. The fourth-order valence-corrected chi connectivity index (χ4v) is 1.87. The van der Waals surface area contributed by atoms with Gasteiger partial charge in [0.05, 0.1) is 16.8 Å². The smallest absolute Gasteiger partial charge is 0.383 e. The molecule has 0 unspecified atom stereocenters. The maximum Gasteiger partial charge on any atom is 0.417 e. The van der Waals surface area contributed by atoms with Crippen LogP contribution in [0.15, 0.2) is 24.4 Å². The van der Waals surface area contributed by atoms with E-state index in [4.69, 9.17) is 17.3 Å². The Morgan fingerprint density at radius 3 is 2.62 bits per heavy atom. The van der Waals surface area contributed by atoms with Crippen molar-refractivity contribution in [2.75, 3.05) is 11.1 Å². The van der Waals surface area contributed by atoms with E-state index in [9.17, 15) is 18.0 Å². The van der Waals surface area contributed by atoms with Crippen LogP contribution >= 0.6 is 11.6 Å². The van der Waals surface area contributed by atoms with Crippen LogP contribution in [0.4, 0.5) is 24.7 Å². The minimum absolute atomic E-state index is 0.0417. The molecule has 9 heteroatoms. The van der Waals surface area contributed by atoms with Gasteiger partial charge in [-0.1, -0.05) is 11.6 Å². The molecule has 2 rings (SSSR count). The molecule has 112 valence electrons. The lowest BCUT2D eigenvalue weighted by Gasteiger charge is -2.11. The number of hydrogen-bond donors (Lipinski definition) is 2. The standard InChI is InChI=1S/C12H10ClF3N4O/c1-20-10(17)7(5-18-20)11(21)19-6-2-3-9(13)8(4-6)12(14,15)16/h2-5H,17H2,1H3,(H,19,21). The number of aryl methyl sites for hydroxylation is 1. The maximum atomic E-state index is 12.7. The van der Waals surface area contributed by atoms with Crippen LogP contribution in [-0.2, 0) is 13.2 Å². The van der Waals surface area contributed by atoms with Crippen molar-refractivity contribution >= 4 is 29.0 Å². The van der Waals surface area contributed by atoms with Crippen molar-refractivity contribution in [3.63, 3.8) is 0 Å². The largest absolute Gasteiger partial charge is 0.417 e. The number of hydrogen-bond acceptors (Lipinski definition) is 3. The van der Waals surface area contributed by atoms with Crippen molar-refractivity contribution in [2.45, 2.75) is 6.18 Å². The highest BCUT2D eigenvalue weighted by Crippen LogP contribution is 2.36. The molecule has 2 aromatic rings. The van der Waals surface area contributed by atoms with Crippen LogP contribution in [0.1, 0.15) is 15.9 Å². The Balaban J connectivity index is 2.28. The Morgan fingerprint density at radius 1 is 1.43 bits per heavy atom. The van der Waals surface area contributed by atoms with E-state index in [1.54, 1.807) is 0 Å². The number of alkyl halides is 3. The van der Waals surface area contributed by atoms with Gasteiger partial charge in [0, 0.05) is 12.7 Å². The molecule has 0 fully saturated rings. The first-order valence-electron chi connectivity index (χ1n) is 5.65. The van der Waals surface area contributed by atoms with Crippen LogP contribution in [0.5, 0.6) is 0 Å². The van der Waals surface area contributed by atoms with Crippen LogP contribution in [0.3, 0.4) is 0 Å². The zero-order valence-corrected chi connectivity index (χ0v) is 11.5. The highest BCUT2D eigenvalue weighted by Gasteiger charge is 2.33. The molecule has 0 aliphatic heterocycles. The van der Waals surface area contributed by atoms with Gasteiger partial charge in [0.2, 0.25) is 0 Å². The average molecular weight is 319 g/mol. The first-order chi connectivity index (χ1) is 9.70. The Hall–Kier alpha value is -2.22. The van der Waals surface area contributed by atoms with Crippen LogP contribution in [0.25, 0.3) is 0 Å². The Labute approximate surface area is 122 Å². The van der Waals surface area contributed by atoms with E-state index < -0.39 is 22.7 Å². The van der Waals surface area contributed by atoms with E-state index in [1.807, 2.05) is 0 Å². The number of carbonyl (C=O) groups is 1. The topological polar surface area (TPSA) is 72.9 Å². The van der Waals surface area contributed by atoms with Gasteiger partial charge in [-0.2, -0.15) is 18.3 Å². The number of nitrogens with one attached hydrogen (secondary N) is 1. The first-order valence-corrected chi connectivity index (χ1v) is 6.03. The Morgan fingerprint density at radius 2 is 2.10 bits per heavy atom. The summed E-state index contributed by atoms with van der Waals surface area (Å²) in [6, 6.07) is 3.08. The van der Waals surface area contributed by atoms with Gasteiger partial charge in [0.25, 0.3) is 5.91 Å². The summed E-state index contributed by atoms with van der Waals surface area (Å²) in [6.45, 7) is 0. The predicted molar refractivity (Wildman–Crippen MR) is 72.0 cm³/mol. The molecule has 0 saturated carbocycles. The number of amides is 1. The van der Waals surface area contributed by atoms with Crippen LogP contribution < -0.4 is 11.1 Å². The molecule has 0 spiro atoms. The molecule has 0 aliphatic carbocycles. The Kier molecular flexibility index (Phi) is 3.82. The lowest BCUT2D eigenvalue weighted by atomic mass is 10.2. The molecule has 0 aliphatic rings. The number of rotatable bonds is 2. The lowest BCUT2D eigenvalue weighted by molar-refractivity contribution is -0.137. The van der Waals surface area contributed by atoms with E-state index in [2.05, 4.69) is 10.4 Å². The highest BCUT2D eigenvalue weighted by atomic mass is 35.5. The minimum atomic E-state index is -4.61. The van der Waals surface area contributed by atoms with Gasteiger partial charge in [-0.15, -0.1) is 0 Å². The van der Waals surface area contributed by atoms with E-state index in [-0.39, 0.29) is 17.1 Å². The van der Waals surface area contributed by atoms with Crippen LogP contribution in [-0.4, -0.2) is 15.7 Å². The molecule has 1 aromatic heterocycles. The van der Waals surface area contributed by atoms with Gasteiger partial charge in [0.1, 0.15) is 11.4 Å². The first kappa shape index (κ1) is 15.2. The molecular formula is C12H10ClF3N4O. The summed E-state index contributed by atoms with van der Waals surface area (Å²) in [4.78, 5) is 11.9. The van der Waals surface area contributed by atoms with Gasteiger partial charge < -0.3 is 11.1 Å². The number of carbonyl (C=O) groups excluding carboxylic acids is 1. The second-order valence-corrected chi connectivity index (χ2v) is 4.62. The number of anilines is 2. The third kappa shape index (κ3) is 3.10. The van der Waals surface area contributed by atoms with Crippen molar-refractivity contribution in [3.05, 3.63) is 40.5 Å². The highest BCUT2D eigenvalue weighted by molar-refractivity contribution is 6.31. The number of benzene rings is 1. The minimum Gasteiger partial charge on any atom is -0.383 e. The third-order valence-corrected chi connectivity index (χ3v) is 3.09. The van der Waals surface area contributed by atoms with Crippen molar-refractivity contribution < 1.29 is 18.0 Å². The molecule has 0 radical (unpaired) electrons. The quantitative estimate of drug-likeness (QED) is 0.894. The van der Waals surface area contributed by atoms with Crippen molar-refractivity contribution in [2.24, 2.45) is 7.05 Å². The second kappa shape index (κ2) is 5.28. The van der Waals surface area contributed by atoms with Crippen LogP contribution in [0, 0.1) is 0 Å². The molecule has 3 N–H and O–H groups in total. The van der Waals surface area contributed by atoms with Gasteiger partial charge in [-0.25, -0.2) is 0 Å². The summed E-state index contributed by atoms with van der Waals surface area (Å²) in [6.07, 6.45) is -3.38. The number of aromatic nitrogens is 2. The van der Waals surface area contributed by atoms with Gasteiger partial charge in [0.15, 0.2) is 0 Å². The summed E-state index contributed by atoms with van der Waals surface area (Å²) >= 11 is 5.50. The Bertz CT molecular complexity index is 696. The molecule has 1 heterocycles. The summed E-state index contributed by atoms with van der Waals surface area (Å²) in [7, 11) is 1.54. The van der Waals surface area contributed by atoms with Gasteiger partial charge in [-0.05, 0) is 18.2 Å². The van der Waals surface area contributed by atoms with Crippen molar-refractivity contribution in [1.29, 1.82) is 0 Å². The van der Waals surface area contributed by atoms with E-state index >= 15 is 0 Å². The molecule has 1 amide bonds. The van der Waals surface area contributed by atoms with E-state index in [1.165, 1.54) is 24.0 Å². The SMILES string of the molecule is Cn1ncc(C(=O)Nc2ccc(Cl)c(C(F)(F)F)c2)c1N. The van der Waals surface area contributed by atoms with Crippen LogP contribution in [0.2, 0.25) is 5.02 Å². The van der Waals surface area contributed by atoms with E-state index in [0.29, 0.717) is 0 Å². The molecule has 0 saturated heterocycles. The molecule has 5 nitrogen and oxygen atoms in total. The normalized spacial score (nSPS) is 11.5. The van der Waals surface area contributed by atoms with Crippen molar-refractivity contribution in [3.8, 4) is 0 Å². The van der Waals surface area contributed by atoms with Crippen molar-refractivity contribution in [1.82, 2.24) is 9.78 Å². The molecule has 21 heavy (non-hydrogen) atoms. The number of nitrogen functional groups attached to an aromatic ring is 1. The maximum absolute atomic E-state index is 12.7. The fraction of sp³-hybridized carbons (Fsp3) is 0.167. The number of halogens is 4. The number of nitrogens with zero attached hydrogens (tertiary/aromatic N) is 2. The second-order valence-electron chi connectivity index (χ2n) is 4.21. The van der Waals surface area contributed by atoms with Gasteiger partial charge >= 0.3 is 6.18 Å². The monoisotopic (exact) mass is 318 g/mol. The summed E-state index contributed by atoms with van der Waals surface area (Å²) in [5, 5.41) is 5.66. The van der Waals surface area contributed by atoms with Gasteiger partial charge in [-0.3, -0.25) is 9.48 Å². The third-order valence-electron chi connectivity index (χ3n) is 2.76. The lowest BCUT2D eigenvalue weighted by Crippen LogP contribution is -2.15. The molecule has 1 aromatic carbocycles. The number of nitrogens with two attached hydrogens (primary N) is 1. The predicted octanol–water partition coefficient (Wildman–Crippen LogP) is 2.93. The summed E-state index contributed by atoms with van der Waals surface area (Å²) < 4.78 is 39.5. The summed E-state index contributed by atoms with van der Waals surface area (Å²) in [5.74, 6) is -0.548. The zero-order chi connectivity index (χ0) is 15.8. The van der Waals surface area contributed by atoms with E-state index in [0.717, 1.165) is 12.1 Å².